The number of likely N-dealkylation sites (N-methyl/N-ethyl adjacent to an activating group) is 1. The number of nitrogens with zero attached hydrogens (tertiary/aromatic N) is 6. The minimum Gasteiger partial charge on any atom is -0.351 e. The Kier molecular flexibility index (Phi) is 8.85. The van der Waals surface area contributed by atoms with Crippen LogP contribution in [-0.2, 0) is 0 Å². The van der Waals surface area contributed by atoms with Crippen LogP contribution in [0.3, 0.4) is 0 Å². The molecule has 0 unspecified atom stereocenters. The van der Waals surface area contributed by atoms with Gasteiger partial charge >= 0.3 is 0 Å². The van der Waals surface area contributed by atoms with Crippen molar-refractivity contribution in [3.63, 3.8) is 0 Å². The van der Waals surface area contributed by atoms with Gasteiger partial charge in [-0.3, -0.25) is 0 Å². The molecule has 1 saturated heterocycles. The Morgan fingerprint density at radius 2 is 1.32 bits per heavy atom. The first-order valence-electron chi connectivity index (χ1n) is 8.47. The van der Waals surface area contributed by atoms with E-state index in [1.807, 2.05) is 12.5 Å². The Morgan fingerprint density at radius 1 is 0.839 bits per heavy atom. The van der Waals surface area contributed by atoms with Crippen LogP contribution in [0.25, 0.3) is 0 Å². The van der Waals surface area contributed by atoms with Crippen LogP contribution >= 0.6 is 23.2 Å². The fraction of sp³-hybridized carbons (Fsp3) is 0.467. The molecule has 0 aliphatic carbocycles. The van der Waals surface area contributed by atoms with E-state index in [1.165, 1.54) is 0 Å². The molecule has 0 aromatic carbocycles. The van der Waals surface area contributed by atoms with Crippen molar-refractivity contribution in [3.8, 4) is 0 Å². The van der Waals surface area contributed by atoms with Gasteiger partial charge in [-0.2, -0.15) is 4.39 Å². The lowest BCUT2D eigenvalue weighted by Gasteiger charge is -2.33. The molecule has 0 atom stereocenters. The molecule has 31 heavy (non-hydrogen) atoms. The molecule has 3 heterocycles. The number of anilines is 2. The van der Waals surface area contributed by atoms with Gasteiger partial charge in [0, 0.05) is 26.2 Å². The summed E-state index contributed by atoms with van der Waals surface area (Å²) in [5, 5.41) is -1.41. The lowest BCUT2D eigenvalue weighted by Crippen LogP contribution is -2.45. The zero-order valence-electron chi connectivity index (χ0n) is 15.8. The molecule has 0 amide bonds. The molecule has 16 heteroatoms. The molecular weight excluding hydrogens is 477 g/mol. The molecule has 1 aliphatic rings. The summed E-state index contributed by atoms with van der Waals surface area (Å²) in [5.41, 5.74) is 1.98. The van der Waals surface area contributed by atoms with Gasteiger partial charge in [0.05, 0.1) is 0 Å². The summed E-state index contributed by atoms with van der Waals surface area (Å²) in [5.74, 6) is 1.02. The molecule has 3 rings (SSSR count). The Hall–Kier alpha value is -2.16. The summed E-state index contributed by atoms with van der Waals surface area (Å²) in [7, 11) is 1.94. The van der Waals surface area contributed by atoms with Crippen molar-refractivity contribution in [3.05, 3.63) is 33.6 Å². The fourth-order valence-electron chi connectivity index (χ4n) is 2.38. The molecule has 1 fully saturated rings. The second-order valence-corrected chi connectivity index (χ2v) is 6.80. The van der Waals surface area contributed by atoms with E-state index in [1.54, 1.807) is 4.90 Å². The molecule has 0 spiro atoms. The Labute approximate surface area is 182 Å². The molecule has 2 aromatic rings. The summed E-state index contributed by atoms with van der Waals surface area (Å²) < 4.78 is 75.7. The lowest BCUT2D eigenvalue weighted by molar-refractivity contribution is 0.139. The third-order valence-electron chi connectivity index (χ3n) is 3.97. The highest BCUT2D eigenvalue weighted by Gasteiger charge is 2.25. The van der Waals surface area contributed by atoms with Gasteiger partial charge in [-0.25, -0.2) is 47.7 Å². The van der Waals surface area contributed by atoms with Gasteiger partial charge in [-0.05, 0) is 7.05 Å². The van der Waals surface area contributed by atoms with E-state index in [0.717, 1.165) is 0 Å². The lowest BCUT2D eigenvalue weighted by atomic mass is 10.3. The number of nitrogen functional groups attached to an aromatic ring is 1. The topological polar surface area (TPSA) is 96.1 Å². The Morgan fingerprint density at radius 3 is 1.77 bits per heavy atom. The van der Waals surface area contributed by atoms with Gasteiger partial charge in [0.2, 0.25) is 5.82 Å². The third-order valence-corrected chi connectivity index (χ3v) is 4.47. The van der Waals surface area contributed by atoms with Crippen LogP contribution < -0.4 is 16.2 Å². The number of hydrazine groups is 1. The van der Waals surface area contributed by atoms with E-state index in [4.69, 9.17) is 29.0 Å². The van der Waals surface area contributed by atoms with Crippen molar-refractivity contribution in [2.75, 3.05) is 43.6 Å². The molecule has 0 radical (unpaired) electrons. The van der Waals surface area contributed by atoms with Crippen LogP contribution in [0, 0.1) is 11.6 Å². The molecule has 3 N–H and O–H groups in total. The van der Waals surface area contributed by atoms with Gasteiger partial charge in [0.1, 0.15) is 0 Å². The van der Waals surface area contributed by atoms with Crippen LogP contribution in [-0.4, -0.2) is 58.1 Å². The zero-order valence-corrected chi connectivity index (χ0v) is 17.3. The largest absolute Gasteiger partial charge is 0.351 e. The summed E-state index contributed by atoms with van der Waals surface area (Å²) >= 11 is 10.2. The SMILES string of the molecule is CN1CCN(c2nc(C(F)F)nc(NN)c2F)CC1.Fc1c(Cl)nc(C(F)F)nc1Cl. The molecule has 0 saturated carbocycles. The molecule has 172 valence electrons. The molecule has 2 aromatic heterocycles. The van der Waals surface area contributed by atoms with Crippen LogP contribution in [0.1, 0.15) is 24.5 Å². The first kappa shape index (κ1) is 25.1. The average molecular weight is 493 g/mol. The van der Waals surface area contributed by atoms with Crippen LogP contribution in [0.2, 0.25) is 10.3 Å². The van der Waals surface area contributed by atoms with E-state index < -0.39 is 52.3 Å². The summed E-state index contributed by atoms with van der Waals surface area (Å²) in [4.78, 5) is 16.6. The fourth-order valence-corrected chi connectivity index (χ4v) is 2.78. The molecule has 0 bridgehead atoms. The van der Waals surface area contributed by atoms with E-state index >= 15 is 0 Å². The quantitative estimate of drug-likeness (QED) is 0.290. The highest BCUT2D eigenvalue weighted by molar-refractivity contribution is 6.33. The summed E-state index contributed by atoms with van der Waals surface area (Å²) in [6.07, 6.45) is -5.79. The smallest absolute Gasteiger partial charge is 0.297 e. The van der Waals surface area contributed by atoms with E-state index in [0.29, 0.717) is 26.2 Å². The van der Waals surface area contributed by atoms with Crippen LogP contribution in [0.4, 0.5) is 38.0 Å². The standard InChI is InChI=1S/C10H15F3N6.C5HCl2F3N2/c1-18-2-4-19(5-3-18)10-6(11)8(17-14)15-9(16-10)7(12)13;6-2-1(8)3(7)12-5(11-2)4(9)10/h7H,2-5,14H2,1H3,(H,15,16,17);4H. The first-order chi connectivity index (χ1) is 14.5. The Balaban J connectivity index is 0.000000245. The van der Waals surface area contributed by atoms with E-state index in [2.05, 4.69) is 24.8 Å². The number of alkyl halides is 4. The number of aromatic nitrogens is 4. The Bertz CT molecular complexity index is 875. The first-order valence-corrected chi connectivity index (χ1v) is 9.23. The predicted molar refractivity (Wildman–Crippen MR) is 101 cm³/mol. The molecule has 8 nitrogen and oxygen atoms in total. The van der Waals surface area contributed by atoms with Crippen molar-refractivity contribution < 1.29 is 26.3 Å². The second-order valence-electron chi connectivity index (χ2n) is 6.08. The molecule has 1 aliphatic heterocycles. The minimum absolute atomic E-state index is 0.133. The van der Waals surface area contributed by atoms with Gasteiger partial charge in [-0.15, -0.1) is 0 Å². The summed E-state index contributed by atoms with van der Waals surface area (Å²) in [6.45, 7) is 2.44. The number of hydrogen-bond donors (Lipinski definition) is 2. The minimum atomic E-state index is -2.92. The van der Waals surface area contributed by atoms with Crippen molar-refractivity contribution >= 4 is 34.8 Å². The number of rotatable bonds is 4. The van der Waals surface area contributed by atoms with Gasteiger partial charge in [0.15, 0.2) is 39.4 Å². The molecular formula is C15H16Cl2F6N8. The normalized spacial score (nSPS) is 14.6. The predicted octanol–water partition coefficient (Wildman–Crippen LogP) is 3.45. The zero-order chi connectivity index (χ0) is 23.3. The second kappa shape index (κ2) is 10.9. The van der Waals surface area contributed by atoms with Crippen molar-refractivity contribution in [1.29, 1.82) is 0 Å². The summed E-state index contributed by atoms with van der Waals surface area (Å²) in [6, 6.07) is 0. The number of hydrogen-bond acceptors (Lipinski definition) is 8. The van der Waals surface area contributed by atoms with Crippen LogP contribution in [0.5, 0.6) is 0 Å². The number of nitrogens with one attached hydrogen (secondary N) is 1. The maximum absolute atomic E-state index is 14.0. The van der Waals surface area contributed by atoms with Gasteiger partial charge in [-0.1, -0.05) is 23.2 Å². The van der Waals surface area contributed by atoms with E-state index in [9.17, 15) is 26.3 Å². The average Bonchev–Trinajstić information content (AvgIpc) is 2.72. The third kappa shape index (κ3) is 6.41. The van der Waals surface area contributed by atoms with E-state index in [-0.39, 0.29) is 5.82 Å². The van der Waals surface area contributed by atoms with Gasteiger partial charge in [0.25, 0.3) is 12.9 Å². The van der Waals surface area contributed by atoms with Crippen molar-refractivity contribution in [1.82, 2.24) is 24.8 Å². The van der Waals surface area contributed by atoms with Crippen molar-refractivity contribution in [2.24, 2.45) is 5.84 Å². The highest BCUT2D eigenvalue weighted by Crippen LogP contribution is 2.26. The monoisotopic (exact) mass is 492 g/mol. The number of halogens is 8. The van der Waals surface area contributed by atoms with Crippen molar-refractivity contribution in [2.45, 2.75) is 12.9 Å². The highest BCUT2D eigenvalue weighted by atomic mass is 35.5. The number of piperazine rings is 1. The van der Waals surface area contributed by atoms with Crippen LogP contribution in [0.15, 0.2) is 0 Å². The maximum atomic E-state index is 14.0. The van der Waals surface area contributed by atoms with Gasteiger partial charge < -0.3 is 15.2 Å². The number of nitrogens with two attached hydrogens (primary N) is 1. The maximum Gasteiger partial charge on any atom is 0.297 e.